The van der Waals surface area contributed by atoms with E-state index in [-0.39, 0.29) is 17.3 Å². The topological polar surface area (TPSA) is 75.5 Å². The summed E-state index contributed by atoms with van der Waals surface area (Å²) in [5.41, 5.74) is 5.77. The molecule has 0 aromatic heterocycles. The number of benzene rings is 1. The van der Waals surface area contributed by atoms with Crippen molar-refractivity contribution < 1.29 is 5.11 Å². The number of nitrogens with zero attached hydrogens (tertiary/aromatic N) is 4. The van der Waals surface area contributed by atoms with Crippen molar-refractivity contribution in [2.24, 2.45) is 9.98 Å². The Kier molecular flexibility index (Phi) is 7.43. The number of aliphatic hydroxyl groups is 1. The highest BCUT2D eigenvalue weighted by atomic mass is 16.3. The molecule has 2 saturated heterocycles. The molecule has 0 amide bonds. The van der Waals surface area contributed by atoms with Crippen molar-refractivity contribution in [2.45, 2.75) is 70.9 Å². The van der Waals surface area contributed by atoms with E-state index in [2.05, 4.69) is 82.7 Å². The number of aliphatic imine (C=N–C) groups is 2. The van der Waals surface area contributed by atoms with E-state index in [4.69, 9.17) is 0 Å². The molecule has 0 radical (unpaired) electrons. The van der Waals surface area contributed by atoms with Crippen LogP contribution >= 0.6 is 0 Å². The number of hydrogen-bond donors (Lipinski definition) is 3. The van der Waals surface area contributed by atoms with Crippen LogP contribution in [-0.4, -0.2) is 66.5 Å². The van der Waals surface area contributed by atoms with Crippen LogP contribution in [0, 0.1) is 0 Å². The van der Waals surface area contributed by atoms with Gasteiger partial charge in [0.15, 0.2) is 17.5 Å². The van der Waals surface area contributed by atoms with E-state index in [1.807, 2.05) is 11.9 Å². The van der Waals surface area contributed by atoms with Gasteiger partial charge < -0.3 is 20.6 Å². The number of nitrogens with one attached hydrogen (secondary N) is 2. The van der Waals surface area contributed by atoms with Crippen LogP contribution in [0.1, 0.15) is 64.9 Å². The molecule has 0 spiro atoms. The standard InChI is InChI=1S/C30H42N6O/c1-5-14-30(3)15-8-7-9-16-36(30)25-12-10-22(11-13-25)26-27(37)28(34-26)35(4)29-32-20-24(33-29)17-23-19-31-18-21(23)6-2/h6,10-13,17,24,31,37H,5,7-9,14-16,18-20H2,1-4H3,(H,32,33)/b21-6-,23-17-. The van der Waals surface area contributed by atoms with Gasteiger partial charge in [0.25, 0.3) is 0 Å². The van der Waals surface area contributed by atoms with Gasteiger partial charge in [-0.1, -0.05) is 50.5 Å². The van der Waals surface area contributed by atoms with Gasteiger partial charge in [0.1, 0.15) is 5.71 Å². The van der Waals surface area contributed by atoms with Gasteiger partial charge in [-0.25, -0.2) is 4.99 Å². The maximum atomic E-state index is 10.9. The first kappa shape index (κ1) is 25.6. The number of aliphatic hydroxyl groups excluding tert-OH is 1. The largest absolute Gasteiger partial charge is 0.503 e. The molecule has 7 nitrogen and oxygen atoms in total. The fourth-order valence-corrected chi connectivity index (χ4v) is 6.19. The fraction of sp³-hybridized carbons (Fsp3) is 0.533. The summed E-state index contributed by atoms with van der Waals surface area (Å²) in [5.74, 6) is 1.52. The summed E-state index contributed by atoms with van der Waals surface area (Å²) >= 11 is 0. The summed E-state index contributed by atoms with van der Waals surface area (Å²) in [7, 11) is 1.90. The molecule has 2 atom stereocenters. The van der Waals surface area contributed by atoms with Gasteiger partial charge in [-0.3, -0.25) is 9.89 Å². The monoisotopic (exact) mass is 502 g/mol. The highest BCUT2D eigenvalue weighted by Crippen LogP contribution is 2.36. The van der Waals surface area contributed by atoms with Crippen LogP contribution in [0.3, 0.4) is 0 Å². The molecule has 7 heteroatoms. The van der Waals surface area contributed by atoms with E-state index in [1.54, 1.807) is 0 Å². The van der Waals surface area contributed by atoms with Gasteiger partial charge >= 0.3 is 0 Å². The minimum atomic E-state index is 0.151. The van der Waals surface area contributed by atoms with Crippen LogP contribution in [0.25, 0.3) is 0 Å². The Balaban J connectivity index is 1.24. The van der Waals surface area contributed by atoms with Crippen LogP contribution in [0.4, 0.5) is 5.69 Å². The zero-order valence-corrected chi connectivity index (χ0v) is 22.8. The molecular formula is C30H42N6O. The molecule has 0 aliphatic carbocycles. The minimum Gasteiger partial charge on any atom is -0.503 e. The van der Waals surface area contributed by atoms with E-state index in [0.717, 1.165) is 31.2 Å². The smallest absolute Gasteiger partial charge is 0.200 e. The van der Waals surface area contributed by atoms with Crippen molar-refractivity contribution >= 4 is 17.4 Å². The van der Waals surface area contributed by atoms with E-state index in [0.29, 0.717) is 18.1 Å². The van der Waals surface area contributed by atoms with Crippen LogP contribution in [0.15, 0.2) is 69.1 Å². The summed E-state index contributed by atoms with van der Waals surface area (Å²) in [6, 6.07) is 8.74. The highest BCUT2D eigenvalue weighted by molar-refractivity contribution is 6.16. The van der Waals surface area contributed by atoms with Crippen molar-refractivity contribution in [3.63, 3.8) is 0 Å². The van der Waals surface area contributed by atoms with E-state index < -0.39 is 0 Å². The van der Waals surface area contributed by atoms with E-state index >= 15 is 0 Å². The summed E-state index contributed by atoms with van der Waals surface area (Å²) < 4.78 is 0. The summed E-state index contributed by atoms with van der Waals surface area (Å²) in [6.45, 7) is 10.4. The predicted octanol–water partition coefficient (Wildman–Crippen LogP) is 4.89. The van der Waals surface area contributed by atoms with Crippen LogP contribution < -0.4 is 15.5 Å². The van der Waals surface area contributed by atoms with Crippen molar-refractivity contribution in [2.75, 3.05) is 38.1 Å². The van der Waals surface area contributed by atoms with Crippen LogP contribution in [0.5, 0.6) is 0 Å². The molecule has 37 heavy (non-hydrogen) atoms. The molecule has 4 aliphatic heterocycles. The van der Waals surface area contributed by atoms with Crippen LogP contribution in [0.2, 0.25) is 0 Å². The van der Waals surface area contributed by atoms with Gasteiger partial charge in [-0.15, -0.1) is 0 Å². The molecule has 0 saturated carbocycles. The molecule has 1 aromatic rings. The van der Waals surface area contributed by atoms with Crippen LogP contribution in [-0.2, 0) is 0 Å². The highest BCUT2D eigenvalue weighted by Gasteiger charge is 2.34. The normalized spacial score (nSPS) is 28.2. The van der Waals surface area contributed by atoms with E-state index in [1.165, 1.54) is 55.4 Å². The Morgan fingerprint density at radius 2 is 1.95 bits per heavy atom. The summed E-state index contributed by atoms with van der Waals surface area (Å²) in [6.07, 6.45) is 12.0. The summed E-state index contributed by atoms with van der Waals surface area (Å²) in [5, 5.41) is 17.8. The molecule has 0 bridgehead atoms. The molecule has 2 unspecified atom stereocenters. The van der Waals surface area contributed by atoms with Crippen molar-refractivity contribution in [3.05, 3.63) is 64.7 Å². The molecule has 4 heterocycles. The van der Waals surface area contributed by atoms with E-state index in [9.17, 15) is 5.11 Å². The first-order valence-electron chi connectivity index (χ1n) is 14.0. The Morgan fingerprint density at radius 3 is 2.68 bits per heavy atom. The molecule has 4 aliphatic rings. The predicted molar refractivity (Wildman–Crippen MR) is 153 cm³/mol. The second-order valence-corrected chi connectivity index (χ2v) is 11.0. The van der Waals surface area contributed by atoms with Crippen molar-refractivity contribution in [3.8, 4) is 0 Å². The van der Waals surface area contributed by atoms with Gasteiger partial charge in [-0.05, 0) is 56.4 Å². The Labute approximate surface area is 221 Å². The molecule has 2 fully saturated rings. The number of allylic oxidation sites excluding steroid dienone is 2. The SMILES string of the molecule is C/C=C1/CNC/C1=C/C1CN=C(N(C)C2=C(O)C(c3ccc(N4CCCCCC4(C)CCC)cc3)=N2)N1. The quantitative estimate of drug-likeness (QED) is 0.516. The maximum absolute atomic E-state index is 10.9. The van der Waals surface area contributed by atoms with Crippen molar-refractivity contribution in [1.29, 1.82) is 0 Å². The zero-order chi connectivity index (χ0) is 26.0. The first-order chi connectivity index (χ1) is 17.9. The van der Waals surface area contributed by atoms with Gasteiger partial charge in [0, 0.05) is 43.5 Å². The third-order valence-electron chi connectivity index (χ3n) is 8.33. The third-order valence-corrected chi connectivity index (χ3v) is 8.33. The lowest BCUT2D eigenvalue weighted by Crippen LogP contribution is -2.46. The van der Waals surface area contributed by atoms with Gasteiger partial charge in [0.05, 0.1) is 12.6 Å². The molecular weight excluding hydrogens is 460 g/mol. The lowest BCUT2D eigenvalue weighted by Gasteiger charge is -2.42. The lowest BCUT2D eigenvalue weighted by atomic mass is 9.88. The van der Waals surface area contributed by atoms with Gasteiger partial charge in [0.2, 0.25) is 0 Å². The Hall–Kier alpha value is -3.06. The molecule has 198 valence electrons. The summed E-state index contributed by atoms with van der Waals surface area (Å²) in [4.78, 5) is 13.8. The Morgan fingerprint density at radius 1 is 1.16 bits per heavy atom. The zero-order valence-electron chi connectivity index (χ0n) is 22.8. The van der Waals surface area contributed by atoms with Gasteiger partial charge in [-0.2, -0.15) is 0 Å². The molecule has 3 N–H and O–H groups in total. The second-order valence-electron chi connectivity index (χ2n) is 11.0. The number of rotatable bonds is 6. The Bertz CT molecular complexity index is 1160. The number of hydrogen-bond acceptors (Lipinski definition) is 7. The third kappa shape index (κ3) is 5.06. The maximum Gasteiger partial charge on any atom is 0.200 e. The lowest BCUT2D eigenvalue weighted by molar-refractivity contribution is 0.372. The minimum absolute atomic E-state index is 0.151. The molecule has 5 rings (SSSR count). The fourth-order valence-electron chi connectivity index (χ4n) is 6.19. The molecule has 1 aromatic carbocycles. The first-order valence-corrected chi connectivity index (χ1v) is 14.0. The number of anilines is 1. The number of guanidine groups is 1. The average molecular weight is 503 g/mol. The average Bonchev–Trinajstić information content (AvgIpc) is 3.51. The van der Waals surface area contributed by atoms with Crippen molar-refractivity contribution in [1.82, 2.24) is 15.5 Å². The second kappa shape index (κ2) is 10.7.